The molecule has 0 saturated carbocycles. The Morgan fingerprint density at radius 1 is 1.19 bits per heavy atom. The lowest BCUT2D eigenvalue weighted by molar-refractivity contribution is -0.137. The molecule has 21 heavy (non-hydrogen) atoms. The highest BCUT2D eigenvalue weighted by Gasteiger charge is 2.30. The fourth-order valence-corrected chi connectivity index (χ4v) is 2.42. The second-order valence-electron chi connectivity index (χ2n) is 4.93. The Bertz CT molecular complexity index is 629. The molecular weight excluding hydrogens is 281 g/mol. The van der Waals surface area contributed by atoms with Gasteiger partial charge in [-0.2, -0.15) is 18.3 Å². The summed E-state index contributed by atoms with van der Waals surface area (Å²) in [7, 11) is 1.81. The maximum absolute atomic E-state index is 12.6. The highest BCUT2D eigenvalue weighted by molar-refractivity contribution is 5.38. The van der Waals surface area contributed by atoms with Gasteiger partial charge in [0.05, 0.1) is 17.3 Å². The van der Waals surface area contributed by atoms with E-state index in [1.54, 1.807) is 4.68 Å². The minimum Gasteiger partial charge on any atom is -0.272 e. The Kier molecular flexibility index (Phi) is 4.06. The Morgan fingerprint density at radius 3 is 2.14 bits per heavy atom. The molecular formula is C14H17F3N4. The Labute approximate surface area is 120 Å². The van der Waals surface area contributed by atoms with E-state index < -0.39 is 17.8 Å². The van der Waals surface area contributed by atoms with Gasteiger partial charge in [0.1, 0.15) is 0 Å². The maximum atomic E-state index is 12.6. The number of hydrazine groups is 1. The summed E-state index contributed by atoms with van der Waals surface area (Å²) in [4.78, 5) is 0. The van der Waals surface area contributed by atoms with Gasteiger partial charge in [-0.1, -0.05) is 12.1 Å². The average molecular weight is 298 g/mol. The molecule has 1 aromatic heterocycles. The van der Waals surface area contributed by atoms with Crippen LogP contribution in [0.15, 0.2) is 24.3 Å². The molecule has 0 radical (unpaired) electrons. The van der Waals surface area contributed by atoms with Gasteiger partial charge in [-0.15, -0.1) is 0 Å². The van der Waals surface area contributed by atoms with E-state index in [-0.39, 0.29) is 0 Å². The van der Waals surface area contributed by atoms with E-state index >= 15 is 0 Å². The molecule has 0 aliphatic carbocycles. The quantitative estimate of drug-likeness (QED) is 0.676. The molecule has 1 unspecified atom stereocenters. The van der Waals surface area contributed by atoms with Crippen molar-refractivity contribution >= 4 is 0 Å². The van der Waals surface area contributed by atoms with Crippen LogP contribution >= 0.6 is 0 Å². The smallest absolute Gasteiger partial charge is 0.272 e. The van der Waals surface area contributed by atoms with Gasteiger partial charge >= 0.3 is 6.18 Å². The zero-order chi connectivity index (χ0) is 15.8. The summed E-state index contributed by atoms with van der Waals surface area (Å²) in [5.74, 6) is 5.60. The lowest BCUT2D eigenvalue weighted by Gasteiger charge is -2.18. The molecule has 7 heteroatoms. The predicted octanol–water partition coefficient (Wildman–Crippen LogP) is 2.61. The van der Waals surface area contributed by atoms with Gasteiger partial charge in [0.2, 0.25) is 0 Å². The molecule has 1 atom stereocenters. The number of aryl methyl sites for hydroxylation is 2. The molecule has 0 saturated heterocycles. The topological polar surface area (TPSA) is 55.9 Å². The van der Waals surface area contributed by atoms with Crippen LogP contribution in [0.1, 0.15) is 34.1 Å². The van der Waals surface area contributed by atoms with Crippen LogP contribution in [0, 0.1) is 13.8 Å². The van der Waals surface area contributed by atoms with Crippen molar-refractivity contribution < 1.29 is 13.2 Å². The molecule has 1 aromatic carbocycles. The van der Waals surface area contributed by atoms with Gasteiger partial charge in [0, 0.05) is 18.3 Å². The van der Waals surface area contributed by atoms with Crippen LogP contribution < -0.4 is 11.3 Å². The first-order chi connectivity index (χ1) is 9.75. The SMILES string of the molecule is Cc1nn(C)c(C)c1C(NN)c1ccc(C(F)(F)F)cc1. The first kappa shape index (κ1) is 15.5. The number of alkyl halides is 3. The van der Waals surface area contributed by atoms with E-state index in [1.807, 2.05) is 20.9 Å². The third kappa shape index (κ3) is 2.93. The molecule has 0 aliphatic rings. The Hall–Kier alpha value is -1.86. The standard InChI is InChI=1S/C14H17F3N4/c1-8-12(9(2)21(3)20-8)13(19-18)10-4-6-11(7-5-10)14(15,16)17/h4-7,13,19H,18H2,1-3H3. The zero-order valence-corrected chi connectivity index (χ0v) is 12.0. The van der Waals surface area contributed by atoms with E-state index in [4.69, 9.17) is 5.84 Å². The van der Waals surface area contributed by atoms with E-state index in [9.17, 15) is 13.2 Å². The third-order valence-corrected chi connectivity index (χ3v) is 3.59. The van der Waals surface area contributed by atoms with E-state index in [2.05, 4.69) is 10.5 Å². The predicted molar refractivity (Wildman–Crippen MR) is 73.3 cm³/mol. The Morgan fingerprint density at radius 2 is 1.76 bits per heavy atom. The van der Waals surface area contributed by atoms with Crippen LogP contribution in [-0.4, -0.2) is 9.78 Å². The summed E-state index contributed by atoms with van der Waals surface area (Å²) in [6.07, 6.45) is -4.34. The fraction of sp³-hybridized carbons (Fsp3) is 0.357. The first-order valence-corrected chi connectivity index (χ1v) is 6.39. The molecule has 2 aromatic rings. The van der Waals surface area contributed by atoms with Crippen molar-refractivity contribution in [2.24, 2.45) is 12.9 Å². The van der Waals surface area contributed by atoms with Crippen molar-refractivity contribution in [3.8, 4) is 0 Å². The monoisotopic (exact) mass is 298 g/mol. The molecule has 0 spiro atoms. The number of hydrogen-bond donors (Lipinski definition) is 2. The molecule has 2 rings (SSSR count). The van der Waals surface area contributed by atoms with Crippen molar-refractivity contribution in [2.45, 2.75) is 26.1 Å². The second kappa shape index (κ2) is 5.50. The first-order valence-electron chi connectivity index (χ1n) is 6.39. The number of rotatable bonds is 3. The number of benzene rings is 1. The number of nitrogens with one attached hydrogen (secondary N) is 1. The normalized spacial score (nSPS) is 13.5. The molecule has 0 bridgehead atoms. The zero-order valence-electron chi connectivity index (χ0n) is 12.0. The lowest BCUT2D eigenvalue weighted by atomic mass is 9.96. The molecule has 3 N–H and O–H groups in total. The summed E-state index contributed by atoms with van der Waals surface area (Å²) in [5.41, 5.74) is 5.21. The largest absolute Gasteiger partial charge is 0.416 e. The molecule has 114 valence electrons. The van der Waals surface area contributed by atoms with Crippen LogP contribution in [0.25, 0.3) is 0 Å². The summed E-state index contributed by atoms with van der Waals surface area (Å²) >= 11 is 0. The van der Waals surface area contributed by atoms with Gasteiger partial charge in [-0.25, -0.2) is 5.43 Å². The fourth-order valence-electron chi connectivity index (χ4n) is 2.42. The number of aromatic nitrogens is 2. The van der Waals surface area contributed by atoms with E-state index in [1.165, 1.54) is 12.1 Å². The maximum Gasteiger partial charge on any atom is 0.416 e. The molecule has 0 aliphatic heterocycles. The van der Waals surface area contributed by atoms with Crippen LogP contribution in [-0.2, 0) is 13.2 Å². The number of halogens is 3. The van der Waals surface area contributed by atoms with Crippen LogP contribution in [0.3, 0.4) is 0 Å². The van der Waals surface area contributed by atoms with Crippen molar-refractivity contribution in [3.05, 3.63) is 52.3 Å². The van der Waals surface area contributed by atoms with Gasteiger partial charge in [0.25, 0.3) is 0 Å². The van der Waals surface area contributed by atoms with Crippen molar-refractivity contribution in [1.29, 1.82) is 0 Å². The average Bonchev–Trinajstić information content (AvgIpc) is 2.66. The van der Waals surface area contributed by atoms with E-state index in [0.29, 0.717) is 5.56 Å². The van der Waals surface area contributed by atoms with Crippen molar-refractivity contribution in [2.75, 3.05) is 0 Å². The highest BCUT2D eigenvalue weighted by Crippen LogP contribution is 2.32. The summed E-state index contributed by atoms with van der Waals surface area (Å²) in [5, 5.41) is 4.30. The van der Waals surface area contributed by atoms with Crippen LogP contribution in [0.4, 0.5) is 13.2 Å². The molecule has 0 fully saturated rings. The molecule has 0 amide bonds. The van der Waals surface area contributed by atoms with Crippen molar-refractivity contribution in [1.82, 2.24) is 15.2 Å². The van der Waals surface area contributed by atoms with Crippen molar-refractivity contribution in [3.63, 3.8) is 0 Å². The molecule has 4 nitrogen and oxygen atoms in total. The Balaban J connectivity index is 2.42. The van der Waals surface area contributed by atoms with E-state index in [0.717, 1.165) is 29.1 Å². The highest BCUT2D eigenvalue weighted by atomic mass is 19.4. The number of hydrogen-bond acceptors (Lipinski definition) is 3. The van der Waals surface area contributed by atoms with Crippen LogP contribution in [0.2, 0.25) is 0 Å². The van der Waals surface area contributed by atoms with Gasteiger partial charge in [0.15, 0.2) is 0 Å². The summed E-state index contributed by atoms with van der Waals surface area (Å²) in [6, 6.07) is 4.57. The van der Waals surface area contributed by atoms with Gasteiger partial charge in [-0.3, -0.25) is 10.5 Å². The summed E-state index contributed by atoms with van der Waals surface area (Å²) in [6.45, 7) is 3.74. The minimum absolute atomic E-state index is 0.402. The number of nitrogens with two attached hydrogens (primary N) is 1. The van der Waals surface area contributed by atoms with Gasteiger partial charge < -0.3 is 0 Å². The van der Waals surface area contributed by atoms with Crippen LogP contribution in [0.5, 0.6) is 0 Å². The summed E-state index contributed by atoms with van der Waals surface area (Å²) < 4.78 is 39.5. The third-order valence-electron chi connectivity index (χ3n) is 3.59. The molecule has 1 heterocycles. The van der Waals surface area contributed by atoms with Gasteiger partial charge in [-0.05, 0) is 31.5 Å². The number of nitrogens with zero attached hydrogens (tertiary/aromatic N) is 2. The lowest BCUT2D eigenvalue weighted by Crippen LogP contribution is -2.29. The second-order valence-corrected chi connectivity index (χ2v) is 4.93. The minimum atomic E-state index is -4.34.